The lowest BCUT2D eigenvalue weighted by Gasteiger charge is -1.98. The maximum absolute atomic E-state index is 4.23. The van der Waals surface area contributed by atoms with Crippen molar-refractivity contribution in [2.45, 2.75) is 38.4 Å². The van der Waals surface area contributed by atoms with E-state index in [1.54, 1.807) is 0 Å². The quantitative estimate of drug-likeness (QED) is 0.541. The van der Waals surface area contributed by atoms with Crippen LogP contribution >= 0.6 is 12.6 Å². The Morgan fingerprint density at radius 3 is 2.29 bits per heavy atom. The standard InChI is InChI=1S/C6H14S/c1-3-4-5-6(2)7/h6-7H,3-5H2,1-2H3/t6-/m0/s1. The van der Waals surface area contributed by atoms with Crippen LogP contribution in [-0.2, 0) is 0 Å². The zero-order valence-corrected chi connectivity index (χ0v) is 6.04. The summed E-state index contributed by atoms with van der Waals surface area (Å²) in [7, 11) is 0. The molecule has 0 aliphatic rings. The van der Waals surface area contributed by atoms with Crippen LogP contribution in [0.25, 0.3) is 0 Å². The fourth-order valence-corrected chi connectivity index (χ4v) is 0.682. The number of unbranched alkanes of at least 4 members (excludes halogenated alkanes) is 1. The molecule has 1 heteroatoms. The summed E-state index contributed by atoms with van der Waals surface area (Å²) in [5.41, 5.74) is 0. The fraction of sp³-hybridized carbons (Fsp3) is 1.00. The van der Waals surface area contributed by atoms with Gasteiger partial charge in [-0.05, 0) is 11.7 Å². The zero-order chi connectivity index (χ0) is 5.70. The van der Waals surface area contributed by atoms with Crippen molar-refractivity contribution in [3.8, 4) is 0 Å². The lowest BCUT2D eigenvalue weighted by molar-refractivity contribution is 0.716. The van der Waals surface area contributed by atoms with E-state index in [4.69, 9.17) is 0 Å². The predicted octanol–water partition coefficient (Wildman–Crippen LogP) is 2.49. The summed E-state index contributed by atoms with van der Waals surface area (Å²) in [5.74, 6) is 0. The van der Waals surface area contributed by atoms with Crippen molar-refractivity contribution in [2.24, 2.45) is 0 Å². The van der Waals surface area contributed by atoms with Crippen molar-refractivity contribution in [1.82, 2.24) is 0 Å². The molecule has 1 atom stereocenters. The van der Waals surface area contributed by atoms with E-state index in [2.05, 4.69) is 26.5 Å². The molecule has 0 heterocycles. The van der Waals surface area contributed by atoms with Crippen LogP contribution in [0.2, 0.25) is 0 Å². The van der Waals surface area contributed by atoms with Crippen molar-refractivity contribution in [3.63, 3.8) is 0 Å². The van der Waals surface area contributed by atoms with Gasteiger partial charge in [-0.1, -0.05) is 26.7 Å². The lowest BCUT2D eigenvalue weighted by Crippen LogP contribution is -1.87. The molecule has 0 aromatic rings. The molecule has 44 valence electrons. The summed E-state index contributed by atoms with van der Waals surface area (Å²) >= 11 is 4.23. The van der Waals surface area contributed by atoms with E-state index >= 15 is 0 Å². The first kappa shape index (κ1) is 7.35. The third kappa shape index (κ3) is 6.35. The minimum absolute atomic E-state index is 0.597. The van der Waals surface area contributed by atoms with E-state index in [0.717, 1.165) is 0 Å². The van der Waals surface area contributed by atoms with Crippen LogP contribution in [0.15, 0.2) is 0 Å². The van der Waals surface area contributed by atoms with Gasteiger partial charge in [0.25, 0.3) is 0 Å². The monoisotopic (exact) mass is 118 g/mol. The predicted molar refractivity (Wildman–Crippen MR) is 38.0 cm³/mol. The van der Waals surface area contributed by atoms with Crippen molar-refractivity contribution in [2.75, 3.05) is 0 Å². The van der Waals surface area contributed by atoms with E-state index in [9.17, 15) is 0 Å². The summed E-state index contributed by atoms with van der Waals surface area (Å²) in [6.45, 7) is 4.34. The highest BCUT2D eigenvalue weighted by atomic mass is 32.1. The Morgan fingerprint density at radius 1 is 1.57 bits per heavy atom. The van der Waals surface area contributed by atoms with Crippen LogP contribution in [0.5, 0.6) is 0 Å². The highest BCUT2D eigenvalue weighted by Crippen LogP contribution is 2.03. The van der Waals surface area contributed by atoms with E-state index < -0.39 is 0 Å². The van der Waals surface area contributed by atoms with Crippen molar-refractivity contribution >= 4 is 12.6 Å². The highest BCUT2D eigenvalue weighted by molar-refractivity contribution is 7.80. The molecular formula is C6H14S. The molecule has 0 saturated carbocycles. The van der Waals surface area contributed by atoms with Gasteiger partial charge in [-0.2, -0.15) is 12.6 Å². The molecule has 0 amide bonds. The van der Waals surface area contributed by atoms with Crippen molar-refractivity contribution < 1.29 is 0 Å². The van der Waals surface area contributed by atoms with E-state index in [1.807, 2.05) is 0 Å². The number of hydrogen-bond donors (Lipinski definition) is 1. The molecule has 0 rings (SSSR count). The molecule has 0 unspecified atom stereocenters. The first-order valence-corrected chi connectivity index (χ1v) is 3.47. The van der Waals surface area contributed by atoms with Gasteiger partial charge in [-0.3, -0.25) is 0 Å². The van der Waals surface area contributed by atoms with Crippen LogP contribution in [0.4, 0.5) is 0 Å². The van der Waals surface area contributed by atoms with Gasteiger partial charge in [-0.25, -0.2) is 0 Å². The van der Waals surface area contributed by atoms with Crippen LogP contribution < -0.4 is 0 Å². The third-order valence-corrected chi connectivity index (χ3v) is 1.23. The van der Waals surface area contributed by atoms with Crippen molar-refractivity contribution in [3.05, 3.63) is 0 Å². The molecule has 0 aromatic carbocycles. The van der Waals surface area contributed by atoms with Gasteiger partial charge in [0.15, 0.2) is 0 Å². The lowest BCUT2D eigenvalue weighted by atomic mass is 10.2. The SMILES string of the molecule is CCCC[C@H](C)S. The van der Waals surface area contributed by atoms with Gasteiger partial charge in [0.2, 0.25) is 0 Å². The normalized spacial score (nSPS) is 14.1. The largest absolute Gasteiger partial charge is 0.176 e. The Balaban J connectivity index is 2.68. The summed E-state index contributed by atoms with van der Waals surface area (Å²) < 4.78 is 0. The van der Waals surface area contributed by atoms with Crippen LogP contribution in [-0.4, -0.2) is 5.25 Å². The van der Waals surface area contributed by atoms with Crippen LogP contribution in [0.1, 0.15) is 33.1 Å². The van der Waals surface area contributed by atoms with Gasteiger partial charge < -0.3 is 0 Å². The Morgan fingerprint density at radius 2 is 2.14 bits per heavy atom. The smallest absolute Gasteiger partial charge is 0.00116 e. The van der Waals surface area contributed by atoms with E-state index in [-0.39, 0.29) is 0 Å². The molecule has 0 N–H and O–H groups in total. The molecule has 0 spiro atoms. The summed E-state index contributed by atoms with van der Waals surface area (Å²) in [6.07, 6.45) is 3.88. The van der Waals surface area contributed by atoms with Crippen LogP contribution in [0.3, 0.4) is 0 Å². The molecular weight excluding hydrogens is 104 g/mol. The molecule has 0 aliphatic carbocycles. The maximum Gasteiger partial charge on any atom is -0.00116 e. The fourth-order valence-electron chi connectivity index (χ4n) is 0.500. The summed E-state index contributed by atoms with van der Waals surface area (Å²) in [6, 6.07) is 0. The second-order valence-electron chi connectivity index (χ2n) is 1.99. The molecule has 0 radical (unpaired) electrons. The maximum atomic E-state index is 4.23. The molecule has 0 aromatic heterocycles. The first-order valence-electron chi connectivity index (χ1n) is 2.95. The third-order valence-electron chi connectivity index (χ3n) is 0.975. The zero-order valence-electron chi connectivity index (χ0n) is 5.15. The molecule has 0 fully saturated rings. The summed E-state index contributed by atoms with van der Waals surface area (Å²) in [4.78, 5) is 0. The number of thiol groups is 1. The Hall–Kier alpha value is 0.350. The van der Waals surface area contributed by atoms with Crippen LogP contribution in [0, 0.1) is 0 Å². The van der Waals surface area contributed by atoms with Gasteiger partial charge >= 0.3 is 0 Å². The van der Waals surface area contributed by atoms with Gasteiger partial charge in [-0.15, -0.1) is 0 Å². The second kappa shape index (κ2) is 4.51. The molecule has 0 nitrogen and oxygen atoms in total. The van der Waals surface area contributed by atoms with Crippen molar-refractivity contribution in [1.29, 1.82) is 0 Å². The molecule has 0 saturated heterocycles. The summed E-state index contributed by atoms with van der Waals surface area (Å²) in [5, 5.41) is 0.597. The topological polar surface area (TPSA) is 0 Å². The highest BCUT2D eigenvalue weighted by Gasteiger charge is 1.89. The first-order chi connectivity index (χ1) is 3.27. The molecule has 7 heavy (non-hydrogen) atoms. The Kier molecular flexibility index (Phi) is 4.73. The number of hydrogen-bond acceptors (Lipinski definition) is 1. The van der Waals surface area contributed by atoms with Gasteiger partial charge in [0, 0.05) is 0 Å². The van der Waals surface area contributed by atoms with Gasteiger partial charge in [0.1, 0.15) is 0 Å². The average Bonchev–Trinajstić information content (AvgIpc) is 1.61. The van der Waals surface area contributed by atoms with Gasteiger partial charge in [0.05, 0.1) is 0 Å². The second-order valence-corrected chi connectivity index (χ2v) is 2.87. The minimum Gasteiger partial charge on any atom is -0.176 e. The molecule has 0 aliphatic heterocycles. The van der Waals surface area contributed by atoms with E-state index in [0.29, 0.717) is 5.25 Å². The minimum atomic E-state index is 0.597. The molecule has 0 bridgehead atoms. The average molecular weight is 118 g/mol. The Bertz CT molecular complexity index is 33.2. The van der Waals surface area contributed by atoms with E-state index in [1.165, 1.54) is 19.3 Å². The number of rotatable bonds is 3. The Labute approximate surface area is 51.7 Å².